The molecular formula is C17H19NO4. The molecule has 22 heavy (non-hydrogen) atoms. The first kappa shape index (κ1) is 15.7. The number of carbonyl (C=O) groups excluding carboxylic acids is 1. The summed E-state index contributed by atoms with van der Waals surface area (Å²) in [7, 11) is 3.15. The zero-order chi connectivity index (χ0) is 15.9. The maximum absolute atomic E-state index is 12.2. The van der Waals surface area contributed by atoms with E-state index in [-0.39, 0.29) is 5.91 Å². The maximum atomic E-state index is 12.2. The summed E-state index contributed by atoms with van der Waals surface area (Å²) in [5, 5.41) is 2.79. The molecule has 0 saturated heterocycles. The minimum absolute atomic E-state index is 0.250. The summed E-state index contributed by atoms with van der Waals surface area (Å²) in [4.78, 5) is 12.2. The van der Waals surface area contributed by atoms with Crippen LogP contribution in [0.15, 0.2) is 48.5 Å². The van der Waals surface area contributed by atoms with Gasteiger partial charge in [0.25, 0.3) is 5.91 Å². The lowest BCUT2D eigenvalue weighted by atomic mass is 10.2. The first-order chi connectivity index (χ1) is 10.6. The van der Waals surface area contributed by atoms with E-state index >= 15 is 0 Å². The second-order valence-electron chi connectivity index (χ2n) is 4.63. The summed E-state index contributed by atoms with van der Waals surface area (Å²) < 4.78 is 15.9. The summed E-state index contributed by atoms with van der Waals surface area (Å²) in [6.07, 6.45) is -0.640. The SMILES string of the molecule is COc1ccc(O[C@@H](C)C(=O)Nc2ccccc2OC)cc1. The third-order valence-corrected chi connectivity index (χ3v) is 3.11. The van der Waals surface area contributed by atoms with Crippen LogP contribution in [0, 0.1) is 0 Å². The Morgan fingerprint density at radius 2 is 1.59 bits per heavy atom. The predicted octanol–water partition coefficient (Wildman–Crippen LogP) is 3.11. The fourth-order valence-electron chi connectivity index (χ4n) is 1.89. The molecule has 5 heteroatoms. The van der Waals surface area contributed by atoms with Gasteiger partial charge >= 0.3 is 0 Å². The topological polar surface area (TPSA) is 56.8 Å². The van der Waals surface area contributed by atoms with Gasteiger partial charge in [0.2, 0.25) is 0 Å². The molecule has 1 amide bonds. The van der Waals surface area contributed by atoms with E-state index in [2.05, 4.69) is 5.32 Å². The van der Waals surface area contributed by atoms with Crippen LogP contribution in [0.2, 0.25) is 0 Å². The van der Waals surface area contributed by atoms with Crippen LogP contribution >= 0.6 is 0 Å². The van der Waals surface area contributed by atoms with Gasteiger partial charge in [0.1, 0.15) is 17.2 Å². The summed E-state index contributed by atoms with van der Waals surface area (Å²) in [6.45, 7) is 1.69. The summed E-state index contributed by atoms with van der Waals surface area (Å²) in [5.74, 6) is 1.69. The van der Waals surface area contributed by atoms with Crippen LogP contribution < -0.4 is 19.5 Å². The summed E-state index contributed by atoms with van der Waals surface area (Å²) >= 11 is 0. The molecule has 0 heterocycles. The van der Waals surface area contributed by atoms with Crippen molar-refractivity contribution in [3.63, 3.8) is 0 Å². The molecule has 2 aromatic carbocycles. The highest BCUT2D eigenvalue weighted by molar-refractivity contribution is 5.95. The third kappa shape index (κ3) is 3.91. The third-order valence-electron chi connectivity index (χ3n) is 3.11. The number of carbonyl (C=O) groups is 1. The molecule has 0 radical (unpaired) electrons. The molecule has 0 bridgehead atoms. The molecule has 0 unspecified atom stereocenters. The quantitative estimate of drug-likeness (QED) is 0.890. The van der Waals surface area contributed by atoms with Crippen molar-refractivity contribution in [2.24, 2.45) is 0 Å². The molecule has 0 aromatic heterocycles. The molecule has 116 valence electrons. The maximum Gasteiger partial charge on any atom is 0.265 e. The minimum atomic E-state index is -0.640. The normalized spacial score (nSPS) is 11.4. The molecule has 1 atom stereocenters. The van der Waals surface area contributed by atoms with Crippen LogP contribution in [0.3, 0.4) is 0 Å². The average Bonchev–Trinajstić information content (AvgIpc) is 2.56. The Hall–Kier alpha value is -2.69. The lowest BCUT2D eigenvalue weighted by Gasteiger charge is -2.16. The van der Waals surface area contributed by atoms with Gasteiger partial charge in [0, 0.05) is 0 Å². The molecule has 1 N–H and O–H groups in total. The van der Waals surface area contributed by atoms with Gasteiger partial charge in [-0.1, -0.05) is 12.1 Å². The van der Waals surface area contributed by atoms with Gasteiger partial charge in [-0.25, -0.2) is 0 Å². The van der Waals surface area contributed by atoms with Crippen molar-refractivity contribution in [1.29, 1.82) is 0 Å². The smallest absolute Gasteiger partial charge is 0.265 e. The monoisotopic (exact) mass is 301 g/mol. The van der Waals surface area contributed by atoms with Crippen molar-refractivity contribution in [2.75, 3.05) is 19.5 Å². The fraction of sp³-hybridized carbons (Fsp3) is 0.235. The van der Waals surface area contributed by atoms with Crippen LogP contribution in [0.1, 0.15) is 6.92 Å². The molecular weight excluding hydrogens is 282 g/mol. The van der Waals surface area contributed by atoms with E-state index in [0.29, 0.717) is 17.2 Å². The Labute approximate surface area is 129 Å². The number of rotatable bonds is 6. The second kappa shape index (κ2) is 7.36. The highest BCUT2D eigenvalue weighted by Crippen LogP contribution is 2.24. The van der Waals surface area contributed by atoms with Crippen molar-refractivity contribution in [1.82, 2.24) is 0 Å². The Bertz CT molecular complexity index is 625. The molecule has 0 fully saturated rings. The standard InChI is InChI=1S/C17H19NO4/c1-12(22-14-10-8-13(20-2)9-11-14)17(19)18-15-6-4-5-7-16(15)21-3/h4-12H,1-3H3,(H,18,19)/t12-/m0/s1. The van der Waals surface area contributed by atoms with Crippen molar-refractivity contribution >= 4 is 11.6 Å². The zero-order valence-electron chi connectivity index (χ0n) is 12.8. The van der Waals surface area contributed by atoms with Gasteiger partial charge in [0.15, 0.2) is 6.10 Å². The molecule has 0 aliphatic rings. The molecule has 0 aliphatic heterocycles. The predicted molar refractivity (Wildman–Crippen MR) is 84.7 cm³/mol. The van der Waals surface area contributed by atoms with E-state index in [1.54, 1.807) is 57.5 Å². The van der Waals surface area contributed by atoms with Gasteiger partial charge < -0.3 is 19.5 Å². The van der Waals surface area contributed by atoms with Crippen molar-refractivity contribution in [3.8, 4) is 17.2 Å². The Morgan fingerprint density at radius 1 is 0.955 bits per heavy atom. The molecule has 0 saturated carbocycles. The number of methoxy groups -OCH3 is 2. The van der Waals surface area contributed by atoms with Crippen molar-refractivity contribution in [2.45, 2.75) is 13.0 Å². The Morgan fingerprint density at radius 3 is 2.23 bits per heavy atom. The van der Waals surface area contributed by atoms with E-state index in [1.165, 1.54) is 0 Å². The van der Waals surface area contributed by atoms with Crippen molar-refractivity contribution < 1.29 is 19.0 Å². The first-order valence-electron chi connectivity index (χ1n) is 6.88. The molecule has 2 aromatic rings. The number of benzene rings is 2. The summed E-state index contributed by atoms with van der Waals surface area (Å²) in [5.41, 5.74) is 0.611. The van der Waals surface area contributed by atoms with Crippen LogP contribution in [-0.4, -0.2) is 26.2 Å². The van der Waals surface area contributed by atoms with Gasteiger partial charge in [-0.2, -0.15) is 0 Å². The minimum Gasteiger partial charge on any atom is -0.497 e. The van der Waals surface area contributed by atoms with E-state index < -0.39 is 6.10 Å². The van der Waals surface area contributed by atoms with Crippen LogP contribution in [0.5, 0.6) is 17.2 Å². The molecule has 2 rings (SSSR count). The van der Waals surface area contributed by atoms with Crippen LogP contribution in [0.4, 0.5) is 5.69 Å². The number of para-hydroxylation sites is 2. The fourth-order valence-corrected chi connectivity index (χ4v) is 1.89. The van der Waals surface area contributed by atoms with Gasteiger partial charge in [-0.05, 0) is 43.3 Å². The number of nitrogens with one attached hydrogen (secondary N) is 1. The van der Waals surface area contributed by atoms with Gasteiger partial charge in [-0.3, -0.25) is 4.79 Å². The van der Waals surface area contributed by atoms with Gasteiger partial charge in [0.05, 0.1) is 19.9 Å². The highest BCUT2D eigenvalue weighted by atomic mass is 16.5. The zero-order valence-corrected chi connectivity index (χ0v) is 12.8. The van der Waals surface area contributed by atoms with E-state index in [9.17, 15) is 4.79 Å². The molecule has 0 spiro atoms. The van der Waals surface area contributed by atoms with E-state index in [1.807, 2.05) is 12.1 Å². The number of hydrogen-bond acceptors (Lipinski definition) is 4. The Kier molecular flexibility index (Phi) is 5.25. The van der Waals surface area contributed by atoms with Crippen LogP contribution in [0.25, 0.3) is 0 Å². The largest absolute Gasteiger partial charge is 0.497 e. The van der Waals surface area contributed by atoms with E-state index in [0.717, 1.165) is 5.75 Å². The van der Waals surface area contributed by atoms with Crippen LogP contribution in [-0.2, 0) is 4.79 Å². The second-order valence-corrected chi connectivity index (χ2v) is 4.63. The molecule has 5 nitrogen and oxygen atoms in total. The summed E-state index contributed by atoms with van der Waals surface area (Å²) in [6, 6.07) is 14.3. The van der Waals surface area contributed by atoms with E-state index in [4.69, 9.17) is 14.2 Å². The van der Waals surface area contributed by atoms with Crippen molar-refractivity contribution in [3.05, 3.63) is 48.5 Å². The van der Waals surface area contributed by atoms with Gasteiger partial charge in [-0.15, -0.1) is 0 Å². The highest BCUT2D eigenvalue weighted by Gasteiger charge is 2.16. The Balaban J connectivity index is 1.99. The lowest BCUT2D eigenvalue weighted by Crippen LogP contribution is -2.30. The number of hydrogen-bond donors (Lipinski definition) is 1. The number of anilines is 1. The first-order valence-corrected chi connectivity index (χ1v) is 6.88. The average molecular weight is 301 g/mol. The number of amides is 1. The molecule has 0 aliphatic carbocycles. The lowest BCUT2D eigenvalue weighted by molar-refractivity contribution is -0.122. The number of ether oxygens (including phenoxy) is 3.